The fourth-order valence-corrected chi connectivity index (χ4v) is 4.17. The molecular weight excluding hydrogens is 376 g/mol. The highest BCUT2D eigenvalue weighted by molar-refractivity contribution is 7.13. The lowest BCUT2D eigenvalue weighted by Gasteiger charge is -2.05. The predicted molar refractivity (Wildman–Crippen MR) is 111 cm³/mol. The van der Waals surface area contributed by atoms with Crippen LogP contribution >= 0.6 is 22.9 Å². The van der Waals surface area contributed by atoms with E-state index in [-0.39, 0.29) is 5.55 Å². The van der Waals surface area contributed by atoms with Crippen LogP contribution in [-0.2, 0) is 0 Å². The first-order chi connectivity index (χ1) is 13.2. The minimum absolute atomic E-state index is 0.120. The highest BCUT2D eigenvalue weighted by Crippen LogP contribution is 2.31. The summed E-state index contributed by atoms with van der Waals surface area (Å²) in [5.74, 6) is 0. The van der Waals surface area contributed by atoms with Crippen molar-refractivity contribution in [1.29, 1.82) is 5.41 Å². The number of hydrogen-bond acceptors (Lipinski definition) is 4. The van der Waals surface area contributed by atoms with Crippen LogP contribution in [0.2, 0.25) is 5.02 Å². The molecule has 0 radical (unpaired) electrons. The van der Waals surface area contributed by atoms with E-state index in [0.29, 0.717) is 16.2 Å². The van der Waals surface area contributed by atoms with Crippen molar-refractivity contribution in [2.45, 2.75) is 0 Å². The standard InChI is InChI=1S/C22H13ClN2OS/c23-15-8-5-14(6-9-15)19-12-27-22(25-19)18-11-17-16-4-2-1-3-13(16)7-10-20(17)26-21(18)24/h1-12,24H. The van der Waals surface area contributed by atoms with Crippen LogP contribution in [0.5, 0.6) is 0 Å². The average molecular weight is 389 g/mol. The molecule has 5 aromatic rings. The maximum Gasteiger partial charge on any atom is 0.222 e. The molecule has 0 fully saturated rings. The molecule has 3 nitrogen and oxygen atoms in total. The average Bonchev–Trinajstić information content (AvgIpc) is 3.17. The van der Waals surface area contributed by atoms with Gasteiger partial charge in [-0.2, -0.15) is 0 Å². The highest BCUT2D eigenvalue weighted by atomic mass is 35.5. The Hall–Kier alpha value is -2.95. The van der Waals surface area contributed by atoms with Crippen molar-refractivity contribution in [3.63, 3.8) is 0 Å². The summed E-state index contributed by atoms with van der Waals surface area (Å²) >= 11 is 7.47. The van der Waals surface area contributed by atoms with Gasteiger partial charge >= 0.3 is 0 Å². The molecular formula is C22H13ClN2OS. The van der Waals surface area contributed by atoms with E-state index in [4.69, 9.17) is 26.4 Å². The second kappa shape index (κ2) is 6.34. The van der Waals surface area contributed by atoms with Crippen LogP contribution in [-0.4, -0.2) is 4.98 Å². The van der Waals surface area contributed by atoms with Crippen molar-refractivity contribution in [2.75, 3.05) is 0 Å². The van der Waals surface area contributed by atoms with Gasteiger partial charge in [-0.05, 0) is 35.0 Å². The summed E-state index contributed by atoms with van der Waals surface area (Å²) < 4.78 is 5.80. The number of hydrogen-bond donors (Lipinski definition) is 1. The van der Waals surface area contributed by atoms with Crippen LogP contribution in [0, 0.1) is 5.41 Å². The fourth-order valence-electron chi connectivity index (χ4n) is 3.20. The summed E-state index contributed by atoms with van der Waals surface area (Å²) in [5.41, 5.74) is 3.39. The summed E-state index contributed by atoms with van der Waals surface area (Å²) in [6.07, 6.45) is 0. The molecule has 0 spiro atoms. The van der Waals surface area contributed by atoms with Crippen molar-refractivity contribution in [1.82, 2.24) is 4.98 Å². The fraction of sp³-hybridized carbons (Fsp3) is 0. The zero-order valence-electron chi connectivity index (χ0n) is 14.1. The van der Waals surface area contributed by atoms with Crippen molar-refractivity contribution in [3.05, 3.63) is 82.7 Å². The number of thiazole rings is 1. The molecule has 0 bridgehead atoms. The van der Waals surface area contributed by atoms with Gasteiger partial charge in [0.1, 0.15) is 10.6 Å². The second-order valence-electron chi connectivity index (χ2n) is 6.23. The zero-order chi connectivity index (χ0) is 18.4. The Bertz CT molecular complexity index is 1350. The molecule has 0 unspecified atom stereocenters. The molecule has 5 heteroatoms. The van der Waals surface area contributed by atoms with E-state index in [1.807, 2.05) is 60.0 Å². The van der Waals surface area contributed by atoms with E-state index in [2.05, 4.69) is 12.1 Å². The van der Waals surface area contributed by atoms with Gasteiger partial charge < -0.3 is 4.42 Å². The third kappa shape index (κ3) is 2.83. The van der Waals surface area contributed by atoms with Crippen LogP contribution in [0.25, 0.3) is 43.6 Å². The molecule has 0 saturated carbocycles. The number of benzene rings is 3. The third-order valence-electron chi connectivity index (χ3n) is 4.55. The van der Waals surface area contributed by atoms with Gasteiger partial charge in [0, 0.05) is 21.4 Å². The van der Waals surface area contributed by atoms with E-state index in [1.54, 1.807) is 0 Å². The Labute approximate surface area is 164 Å². The van der Waals surface area contributed by atoms with Crippen LogP contribution in [0.15, 0.2) is 76.5 Å². The summed E-state index contributed by atoms with van der Waals surface area (Å²) in [6, 6.07) is 21.7. The molecule has 0 saturated heterocycles. The van der Waals surface area contributed by atoms with E-state index in [0.717, 1.165) is 32.4 Å². The summed E-state index contributed by atoms with van der Waals surface area (Å²) in [6.45, 7) is 0. The van der Waals surface area contributed by atoms with Gasteiger partial charge in [0.15, 0.2) is 0 Å². The Morgan fingerprint density at radius 2 is 1.74 bits per heavy atom. The highest BCUT2D eigenvalue weighted by Gasteiger charge is 2.12. The molecule has 1 N–H and O–H groups in total. The number of nitrogens with one attached hydrogen (secondary N) is 1. The molecule has 0 aliphatic heterocycles. The lowest BCUT2D eigenvalue weighted by Crippen LogP contribution is -2.03. The minimum atomic E-state index is 0.120. The monoisotopic (exact) mass is 388 g/mol. The lowest BCUT2D eigenvalue weighted by molar-refractivity contribution is 0.536. The first-order valence-corrected chi connectivity index (χ1v) is 9.67. The minimum Gasteiger partial charge on any atom is -0.438 e. The van der Waals surface area contributed by atoms with Crippen LogP contribution < -0.4 is 5.55 Å². The van der Waals surface area contributed by atoms with Crippen LogP contribution in [0.1, 0.15) is 0 Å². The largest absolute Gasteiger partial charge is 0.438 e. The number of rotatable bonds is 2. The van der Waals surface area contributed by atoms with Gasteiger partial charge in [-0.3, -0.25) is 5.41 Å². The first-order valence-electron chi connectivity index (χ1n) is 8.41. The topological polar surface area (TPSA) is 49.9 Å². The number of nitrogens with zero attached hydrogens (tertiary/aromatic N) is 1. The van der Waals surface area contributed by atoms with Crippen molar-refractivity contribution in [2.24, 2.45) is 0 Å². The summed E-state index contributed by atoms with van der Waals surface area (Å²) in [5, 5.41) is 15.0. The predicted octanol–water partition coefficient (Wildman–Crippen LogP) is 6.51. The third-order valence-corrected chi connectivity index (χ3v) is 5.68. The first kappa shape index (κ1) is 16.2. The van der Waals surface area contributed by atoms with E-state index >= 15 is 0 Å². The van der Waals surface area contributed by atoms with Crippen molar-refractivity contribution >= 4 is 44.7 Å². The number of halogens is 1. The zero-order valence-corrected chi connectivity index (χ0v) is 15.6. The van der Waals surface area contributed by atoms with E-state index < -0.39 is 0 Å². The second-order valence-corrected chi connectivity index (χ2v) is 7.53. The van der Waals surface area contributed by atoms with Crippen molar-refractivity contribution in [3.8, 4) is 21.8 Å². The molecule has 0 amide bonds. The molecule has 0 aliphatic carbocycles. The molecule has 3 aromatic carbocycles. The Morgan fingerprint density at radius 3 is 2.59 bits per heavy atom. The van der Waals surface area contributed by atoms with Crippen LogP contribution in [0.3, 0.4) is 0 Å². The molecule has 5 rings (SSSR count). The molecule has 27 heavy (non-hydrogen) atoms. The van der Waals surface area contributed by atoms with Gasteiger partial charge in [0.05, 0.1) is 11.3 Å². The Kier molecular flexibility index (Phi) is 3.81. The Morgan fingerprint density at radius 1 is 0.926 bits per heavy atom. The SMILES string of the molecule is N=c1oc2ccc3ccccc3c2cc1-c1nc(-c2ccc(Cl)cc2)cs1. The summed E-state index contributed by atoms with van der Waals surface area (Å²) in [4.78, 5) is 4.72. The summed E-state index contributed by atoms with van der Waals surface area (Å²) in [7, 11) is 0. The maximum atomic E-state index is 8.32. The van der Waals surface area contributed by atoms with Crippen LogP contribution in [0.4, 0.5) is 0 Å². The lowest BCUT2D eigenvalue weighted by atomic mass is 10.0. The number of aromatic nitrogens is 1. The molecule has 0 aliphatic rings. The number of fused-ring (bicyclic) bond motifs is 3. The van der Waals surface area contributed by atoms with E-state index in [1.165, 1.54) is 11.3 Å². The van der Waals surface area contributed by atoms with Gasteiger partial charge in [0.2, 0.25) is 5.55 Å². The van der Waals surface area contributed by atoms with E-state index in [9.17, 15) is 0 Å². The molecule has 2 heterocycles. The van der Waals surface area contributed by atoms with Gasteiger partial charge in [-0.1, -0.05) is 54.1 Å². The quantitative estimate of drug-likeness (QED) is 0.350. The van der Waals surface area contributed by atoms with Gasteiger partial charge in [-0.15, -0.1) is 11.3 Å². The molecule has 2 aromatic heterocycles. The Balaban J connectivity index is 1.69. The maximum absolute atomic E-state index is 8.32. The smallest absolute Gasteiger partial charge is 0.222 e. The normalized spacial score (nSPS) is 11.3. The molecule has 0 atom stereocenters. The van der Waals surface area contributed by atoms with Gasteiger partial charge in [-0.25, -0.2) is 4.98 Å². The van der Waals surface area contributed by atoms with Crippen molar-refractivity contribution < 1.29 is 4.42 Å². The van der Waals surface area contributed by atoms with Gasteiger partial charge in [0.25, 0.3) is 0 Å². The molecule has 130 valence electrons.